The minimum atomic E-state index is -1.29. The SMILES string of the molecule is NC(=O)[C@]1(O)CCCN(CC2CCCCCC2)C1. The van der Waals surface area contributed by atoms with Crippen molar-refractivity contribution in [3.8, 4) is 0 Å². The Morgan fingerprint density at radius 1 is 1.22 bits per heavy atom. The van der Waals surface area contributed by atoms with Crippen molar-refractivity contribution in [2.75, 3.05) is 19.6 Å². The summed E-state index contributed by atoms with van der Waals surface area (Å²) >= 11 is 0. The molecule has 104 valence electrons. The highest BCUT2D eigenvalue weighted by molar-refractivity contribution is 5.83. The number of likely N-dealkylation sites (tertiary alicyclic amines) is 1. The minimum absolute atomic E-state index is 0.429. The predicted molar refractivity (Wildman–Crippen MR) is 71.0 cm³/mol. The average molecular weight is 254 g/mol. The highest BCUT2D eigenvalue weighted by Crippen LogP contribution is 2.27. The molecule has 1 amide bonds. The molecule has 0 aromatic heterocycles. The van der Waals surface area contributed by atoms with Crippen LogP contribution in [-0.4, -0.2) is 41.1 Å². The van der Waals surface area contributed by atoms with Crippen LogP contribution in [0.3, 0.4) is 0 Å². The van der Waals surface area contributed by atoms with Gasteiger partial charge in [0.2, 0.25) is 0 Å². The predicted octanol–water partition coefficient (Wildman–Crippen LogP) is 1.27. The summed E-state index contributed by atoms with van der Waals surface area (Å²) in [5, 5.41) is 10.2. The van der Waals surface area contributed by atoms with E-state index in [0.717, 1.165) is 25.4 Å². The van der Waals surface area contributed by atoms with Gasteiger partial charge in [-0.05, 0) is 38.1 Å². The lowest BCUT2D eigenvalue weighted by Crippen LogP contribution is -2.56. The summed E-state index contributed by atoms with van der Waals surface area (Å²) in [4.78, 5) is 13.6. The maximum absolute atomic E-state index is 11.3. The Morgan fingerprint density at radius 2 is 1.89 bits per heavy atom. The van der Waals surface area contributed by atoms with Crippen LogP contribution in [0.2, 0.25) is 0 Å². The maximum atomic E-state index is 11.3. The van der Waals surface area contributed by atoms with Gasteiger partial charge in [0.15, 0.2) is 5.60 Å². The van der Waals surface area contributed by atoms with E-state index in [1.165, 1.54) is 38.5 Å². The molecule has 1 saturated carbocycles. The first-order valence-corrected chi connectivity index (χ1v) is 7.35. The van der Waals surface area contributed by atoms with E-state index >= 15 is 0 Å². The molecule has 0 bridgehead atoms. The van der Waals surface area contributed by atoms with Gasteiger partial charge in [-0.3, -0.25) is 9.69 Å². The fourth-order valence-electron chi connectivity index (χ4n) is 3.39. The Labute approximate surface area is 110 Å². The number of aliphatic hydroxyl groups is 1. The van der Waals surface area contributed by atoms with Gasteiger partial charge in [-0.25, -0.2) is 0 Å². The third kappa shape index (κ3) is 3.45. The lowest BCUT2D eigenvalue weighted by molar-refractivity contribution is -0.142. The number of amides is 1. The highest BCUT2D eigenvalue weighted by atomic mass is 16.3. The number of hydrogen-bond acceptors (Lipinski definition) is 3. The lowest BCUT2D eigenvalue weighted by Gasteiger charge is -2.38. The zero-order chi connectivity index (χ0) is 13.0. The first-order chi connectivity index (χ1) is 8.60. The molecule has 2 aliphatic rings. The Kier molecular flexibility index (Phi) is 4.62. The van der Waals surface area contributed by atoms with Crippen molar-refractivity contribution in [1.82, 2.24) is 4.90 Å². The Hall–Kier alpha value is -0.610. The zero-order valence-corrected chi connectivity index (χ0v) is 11.2. The van der Waals surface area contributed by atoms with Crippen LogP contribution < -0.4 is 5.73 Å². The number of hydrogen-bond donors (Lipinski definition) is 2. The number of carbonyl (C=O) groups excluding carboxylic acids is 1. The van der Waals surface area contributed by atoms with E-state index in [2.05, 4.69) is 4.90 Å². The van der Waals surface area contributed by atoms with Crippen LogP contribution in [0.5, 0.6) is 0 Å². The summed E-state index contributed by atoms with van der Waals surface area (Å²) in [5.74, 6) is 0.177. The molecular formula is C14H26N2O2. The third-order valence-electron chi connectivity index (χ3n) is 4.50. The molecule has 1 atom stereocenters. The fourth-order valence-corrected chi connectivity index (χ4v) is 3.39. The van der Waals surface area contributed by atoms with E-state index in [0.29, 0.717) is 13.0 Å². The molecule has 1 aliphatic heterocycles. The number of nitrogens with zero attached hydrogens (tertiary/aromatic N) is 1. The summed E-state index contributed by atoms with van der Waals surface area (Å²) in [6.07, 6.45) is 9.37. The summed E-state index contributed by atoms with van der Waals surface area (Å²) in [6, 6.07) is 0. The number of rotatable bonds is 3. The van der Waals surface area contributed by atoms with Gasteiger partial charge in [-0.2, -0.15) is 0 Å². The smallest absolute Gasteiger partial charge is 0.250 e. The topological polar surface area (TPSA) is 66.6 Å². The van der Waals surface area contributed by atoms with Gasteiger partial charge in [-0.1, -0.05) is 25.7 Å². The highest BCUT2D eigenvalue weighted by Gasteiger charge is 2.38. The van der Waals surface area contributed by atoms with E-state index < -0.39 is 11.5 Å². The largest absolute Gasteiger partial charge is 0.379 e. The van der Waals surface area contributed by atoms with Crippen LogP contribution in [-0.2, 0) is 4.79 Å². The van der Waals surface area contributed by atoms with Gasteiger partial charge >= 0.3 is 0 Å². The molecule has 0 aromatic carbocycles. The molecule has 0 unspecified atom stereocenters. The second kappa shape index (κ2) is 6.02. The number of β-amino-alcohol motifs (C(OH)–C–C–N with tert-alkyl or cyclic N) is 1. The molecule has 2 fully saturated rings. The lowest BCUT2D eigenvalue weighted by atomic mass is 9.90. The molecule has 4 heteroatoms. The quantitative estimate of drug-likeness (QED) is 0.745. The molecular weight excluding hydrogens is 228 g/mol. The van der Waals surface area contributed by atoms with Gasteiger partial charge in [0.05, 0.1) is 0 Å². The zero-order valence-electron chi connectivity index (χ0n) is 11.2. The van der Waals surface area contributed by atoms with Crippen molar-refractivity contribution >= 4 is 5.91 Å². The van der Waals surface area contributed by atoms with Gasteiger partial charge < -0.3 is 10.8 Å². The normalized spacial score (nSPS) is 32.1. The van der Waals surface area contributed by atoms with E-state index in [4.69, 9.17) is 5.73 Å². The Morgan fingerprint density at radius 3 is 2.50 bits per heavy atom. The standard InChI is InChI=1S/C14H26N2O2/c15-13(17)14(18)8-5-9-16(11-14)10-12-6-3-1-2-4-7-12/h12,18H,1-11H2,(H2,15,17)/t14-/m0/s1. The molecule has 4 nitrogen and oxygen atoms in total. The van der Waals surface area contributed by atoms with Crippen LogP contribution in [0.4, 0.5) is 0 Å². The number of nitrogens with two attached hydrogens (primary N) is 1. The monoisotopic (exact) mass is 254 g/mol. The molecule has 1 aliphatic carbocycles. The molecule has 18 heavy (non-hydrogen) atoms. The molecule has 0 spiro atoms. The van der Waals surface area contributed by atoms with Gasteiger partial charge in [0, 0.05) is 13.1 Å². The van der Waals surface area contributed by atoms with Gasteiger partial charge in [0.25, 0.3) is 5.91 Å². The molecule has 2 rings (SSSR count). The second-order valence-electron chi connectivity index (χ2n) is 6.09. The van der Waals surface area contributed by atoms with Crippen molar-refractivity contribution in [2.24, 2.45) is 11.7 Å². The van der Waals surface area contributed by atoms with Crippen molar-refractivity contribution in [3.05, 3.63) is 0 Å². The van der Waals surface area contributed by atoms with Crippen LogP contribution in [0, 0.1) is 5.92 Å². The van der Waals surface area contributed by atoms with Crippen LogP contribution in [0.25, 0.3) is 0 Å². The van der Waals surface area contributed by atoms with Gasteiger partial charge in [0.1, 0.15) is 0 Å². The molecule has 1 saturated heterocycles. The molecule has 3 N–H and O–H groups in total. The van der Waals surface area contributed by atoms with Crippen molar-refractivity contribution in [3.63, 3.8) is 0 Å². The van der Waals surface area contributed by atoms with E-state index in [1.807, 2.05) is 0 Å². The summed E-state index contributed by atoms with van der Waals surface area (Å²) in [6.45, 7) is 2.44. The first-order valence-electron chi connectivity index (χ1n) is 7.35. The second-order valence-corrected chi connectivity index (χ2v) is 6.09. The average Bonchev–Trinajstić information content (AvgIpc) is 2.57. The number of primary amides is 1. The minimum Gasteiger partial charge on any atom is -0.379 e. The van der Waals surface area contributed by atoms with Gasteiger partial charge in [-0.15, -0.1) is 0 Å². The molecule has 1 heterocycles. The molecule has 0 radical (unpaired) electrons. The fraction of sp³-hybridized carbons (Fsp3) is 0.929. The molecule has 0 aromatic rings. The first kappa shape index (κ1) is 13.8. The summed E-state index contributed by atoms with van der Waals surface area (Å²) in [7, 11) is 0. The maximum Gasteiger partial charge on any atom is 0.250 e. The number of piperidine rings is 1. The Balaban J connectivity index is 1.87. The van der Waals surface area contributed by atoms with Crippen LogP contribution in [0.15, 0.2) is 0 Å². The van der Waals surface area contributed by atoms with E-state index in [1.54, 1.807) is 0 Å². The number of carbonyl (C=O) groups is 1. The van der Waals surface area contributed by atoms with Crippen molar-refractivity contribution in [2.45, 2.75) is 57.0 Å². The van der Waals surface area contributed by atoms with Crippen molar-refractivity contribution in [1.29, 1.82) is 0 Å². The third-order valence-corrected chi connectivity index (χ3v) is 4.50. The van der Waals surface area contributed by atoms with E-state index in [-0.39, 0.29) is 0 Å². The van der Waals surface area contributed by atoms with Crippen molar-refractivity contribution < 1.29 is 9.90 Å². The summed E-state index contributed by atoms with van der Waals surface area (Å²) < 4.78 is 0. The van der Waals surface area contributed by atoms with E-state index in [9.17, 15) is 9.90 Å². The Bertz CT molecular complexity index is 288. The van der Waals surface area contributed by atoms with Crippen LogP contribution in [0.1, 0.15) is 51.4 Å². The van der Waals surface area contributed by atoms with Crippen LogP contribution >= 0.6 is 0 Å². The summed E-state index contributed by atoms with van der Waals surface area (Å²) in [5.41, 5.74) is 4.02.